The highest BCUT2D eigenvalue weighted by Crippen LogP contribution is 2.22. The van der Waals surface area contributed by atoms with E-state index in [0.717, 1.165) is 5.75 Å². The van der Waals surface area contributed by atoms with E-state index in [-0.39, 0.29) is 0 Å². The predicted molar refractivity (Wildman–Crippen MR) is 75.9 cm³/mol. The largest absolute Gasteiger partial charge is 0.497 e. The van der Waals surface area contributed by atoms with Crippen molar-refractivity contribution in [1.82, 2.24) is 5.32 Å². The molecule has 2 rings (SSSR count). The molecule has 0 aromatic heterocycles. The average Bonchev–Trinajstić information content (AvgIpc) is 2.39. The van der Waals surface area contributed by atoms with E-state index >= 15 is 0 Å². The summed E-state index contributed by atoms with van der Waals surface area (Å²) in [6, 6.07) is 9.22. The van der Waals surface area contributed by atoms with E-state index in [4.69, 9.17) is 4.74 Å². The van der Waals surface area contributed by atoms with Gasteiger partial charge < -0.3 is 10.1 Å². The molecule has 1 aliphatic rings. The quantitative estimate of drug-likeness (QED) is 0.814. The second-order valence-electron chi connectivity index (χ2n) is 5.17. The third-order valence-corrected chi connectivity index (χ3v) is 3.65. The molecular weight excluding hydrogens is 222 g/mol. The van der Waals surface area contributed by atoms with Gasteiger partial charge in [-0.1, -0.05) is 23.8 Å². The second-order valence-corrected chi connectivity index (χ2v) is 5.17. The third-order valence-electron chi connectivity index (χ3n) is 3.65. The molecule has 1 aliphatic carbocycles. The first kappa shape index (κ1) is 13.2. The molecule has 2 heteroatoms. The Bertz CT molecular complexity index is 408. The van der Waals surface area contributed by atoms with E-state index in [1.165, 1.54) is 30.4 Å². The molecule has 0 bridgehead atoms. The molecular formula is C16H23NO. The van der Waals surface area contributed by atoms with Crippen LogP contribution in [0.15, 0.2) is 35.9 Å². The molecule has 2 atom stereocenters. The third kappa shape index (κ3) is 3.36. The van der Waals surface area contributed by atoms with Crippen LogP contribution in [0.4, 0.5) is 0 Å². The first-order valence-electron chi connectivity index (χ1n) is 6.76. The Morgan fingerprint density at radius 3 is 2.61 bits per heavy atom. The van der Waals surface area contributed by atoms with E-state index in [1.54, 1.807) is 7.11 Å². The molecule has 1 N–H and O–H groups in total. The van der Waals surface area contributed by atoms with Gasteiger partial charge >= 0.3 is 0 Å². The van der Waals surface area contributed by atoms with Crippen molar-refractivity contribution in [2.24, 2.45) is 0 Å². The van der Waals surface area contributed by atoms with Crippen LogP contribution in [0.25, 0.3) is 0 Å². The molecule has 18 heavy (non-hydrogen) atoms. The van der Waals surface area contributed by atoms with Crippen LogP contribution < -0.4 is 10.1 Å². The molecule has 0 fully saturated rings. The van der Waals surface area contributed by atoms with Crippen LogP contribution in [0.1, 0.15) is 44.7 Å². The Hall–Kier alpha value is -1.28. The summed E-state index contributed by atoms with van der Waals surface area (Å²) >= 11 is 0. The lowest BCUT2D eigenvalue weighted by atomic mass is 9.95. The van der Waals surface area contributed by atoms with Crippen molar-refractivity contribution in [3.8, 4) is 5.75 Å². The van der Waals surface area contributed by atoms with Crippen LogP contribution in [0.5, 0.6) is 5.75 Å². The van der Waals surface area contributed by atoms with Crippen molar-refractivity contribution in [2.45, 2.75) is 45.2 Å². The number of allylic oxidation sites excluding steroid dienone is 1. The summed E-state index contributed by atoms with van der Waals surface area (Å²) in [5, 5.41) is 3.69. The second kappa shape index (κ2) is 6.05. The molecule has 0 spiro atoms. The van der Waals surface area contributed by atoms with E-state index in [1.807, 2.05) is 12.1 Å². The standard InChI is InChI=1S/C16H23NO/c1-12-5-4-6-15(11-12)17-13(2)14-7-9-16(18-3)10-8-14/h7-11,13,15,17H,4-6H2,1-3H3/t13-,15+/m0/s1. The number of rotatable bonds is 4. The normalized spacial score (nSPS) is 21.3. The summed E-state index contributed by atoms with van der Waals surface area (Å²) in [6.07, 6.45) is 6.19. The van der Waals surface area contributed by atoms with Gasteiger partial charge in [0.2, 0.25) is 0 Å². The molecule has 0 saturated heterocycles. The van der Waals surface area contributed by atoms with Crippen LogP contribution in [-0.2, 0) is 0 Å². The number of ether oxygens (including phenoxy) is 1. The highest BCUT2D eigenvalue weighted by atomic mass is 16.5. The molecule has 1 aromatic rings. The van der Waals surface area contributed by atoms with Crippen LogP contribution in [0, 0.1) is 0 Å². The van der Waals surface area contributed by atoms with E-state index < -0.39 is 0 Å². The monoisotopic (exact) mass is 245 g/mol. The maximum absolute atomic E-state index is 5.18. The number of hydrogen-bond donors (Lipinski definition) is 1. The van der Waals surface area contributed by atoms with Gasteiger partial charge in [-0.25, -0.2) is 0 Å². The van der Waals surface area contributed by atoms with Crippen LogP contribution in [-0.4, -0.2) is 13.2 Å². The predicted octanol–water partition coefficient (Wildman–Crippen LogP) is 3.84. The zero-order valence-corrected chi connectivity index (χ0v) is 11.6. The van der Waals surface area contributed by atoms with Gasteiger partial charge in [-0.2, -0.15) is 0 Å². The van der Waals surface area contributed by atoms with E-state index in [9.17, 15) is 0 Å². The van der Waals surface area contributed by atoms with Crippen molar-refractivity contribution >= 4 is 0 Å². The molecule has 1 aromatic carbocycles. The minimum absolute atomic E-state index is 0.378. The van der Waals surface area contributed by atoms with Gasteiger partial charge in [-0.05, 0) is 50.8 Å². The topological polar surface area (TPSA) is 21.3 Å². The fourth-order valence-electron chi connectivity index (χ4n) is 2.55. The fourth-order valence-corrected chi connectivity index (χ4v) is 2.55. The van der Waals surface area contributed by atoms with Crippen LogP contribution in [0.2, 0.25) is 0 Å². The highest BCUT2D eigenvalue weighted by Gasteiger charge is 2.14. The number of nitrogens with one attached hydrogen (secondary N) is 1. The maximum Gasteiger partial charge on any atom is 0.118 e. The smallest absolute Gasteiger partial charge is 0.118 e. The van der Waals surface area contributed by atoms with E-state index in [2.05, 4.69) is 37.4 Å². The first-order valence-corrected chi connectivity index (χ1v) is 6.76. The summed E-state index contributed by atoms with van der Waals surface area (Å²) in [4.78, 5) is 0. The van der Waals surface area contributed by atoms with Crippen molar-refractivity contribution in [1.29, 1.82) is 0 Å². The minimum Gasteiger partial charge on any atom is -0.497 e. The fraction of sp³-hybridized carbons (Fsp3) is 0.500. The van der Waals surface area contributed by atoms with Gasteiger partial charge in [-0.3, -0.25) is 0 Å². The highest BCUT2D eigenvalue weighted by molar-refractivity contribution is 5.29. The summed E-state index contributed by atoms with van der Waals surface area (Å²) in [5.74, 6) is 0.916. The summed E-state index contributed by atoms with van der Waals surface area (Å²) in [5.41, 5.74) is 2.83. The van der Waals surface area contributed by atoms with E-state index in [0.29, 0.717) is 12.1 Å². The molecule has 0 aliphatic heterocycles. The Balaban J connectivity index is 1.98. The van der Waals surface area contributed by atoms with Crippen molar-refractivity contribution < 1.29 is 4.74 Å². The van der Waals surface area contributed by atoms with Crippen LogP contribution in [0.3, 0.4) is 0 Å². The van der Waals surface area contributed by atoms with Gasteiger partial charge in [-0.15, -0.1) is 0 Å². The lowest BCUT2D eigenvalue weighted by molar-refractivity contribution is 0.414. The van der Waals surface area contributed by atoms with Crippen molar-refractivity contribution in [3.63, 3.8) is 0 Å². The SMILES string of the molecule is COc1ccc([C@H](C)N[C@H]2C=C(C)CCC2)cc1. The summed E-state index contributed by atoms with van der Waals surface area (Å²) in [6.45, 7) is 4.45. The number of benzene rings is 1. The lowest BCUT2D eigenvalue weighted by Crippen LogP contribution is -2.31. The molecule has 2 nitrogen and oxygen atoms in total. The van der Waals surface area contributed by atoms with Crippen molar-refractivity contribution in [2.75, 3.05) is 7.11 Å². The first-order chi connectivity index (χ1) is 8.69. The summed E-state index contributed by atoms with van der Waals surface area (Å²) < 4.78 is 5.18. The van der Waals surface area contributed by atoms with Crippen LogP contribution >= 0.6 is 0 Å². The lowest BCUT2D eigenvalue weighted by Gasteiger charge is -2.25. The van der Waals surface area contributed by atoms with Gasteiger partial charge in [0.25, 0.3) is 0 Å². The summed E-state index contributed by atoms with van der Waals surface area (Å²) in [7, 11) is 1.70. The average molecular weight is 245 g/mol. The van der Waals surface area contributed by atoms with Gasteiger partial charge in [0.15, 0.2) is 0 Å². The maximum atomic E-state index is 5.18. The zero-order valence-electron chi connectivity index (χ0n) is 11.6. The minimum atomic E-state index is 0.378. The van der Waals surface area contributed by atoms with Gasteiger partial charge in [0, 0.05) is 12.1 Å². The van der Waals surface area contributed by atoms with Gasteiger partial charge in [0.1, 0.15) is 5.75 Å². The van der Waals surface area contributed by atoms with Gasteiger partial charge in [0.05, 0.1) is 7.11 Å². The molecule has 0 unspecified atom stereocenters. The Morgan fingerprint density at radius 2 is 2.00 bits per heavy atom. The molecule has 0 amide bonds. The zero-order chi connectivity index (χ0) is 13.0. The molecule has 0 saturated carbocycles. The Labute approximate surface area is 110 Å². The molecule has 98 valence electrons. The number of hydrogen-bond acceptors (Lipinski definition) is 2. The Morgan fingerprint density at radius 1 is 1.28 bits per heavy atom. The Kier molecular flexibility index (Phi) is 4.43. The molecule has 0 heterocycles. The molecule has 0 radical (unpaired) electrons. The van der Waals surface area contributed by atoms with Crippen molar-refractivity contribution in [3.05, 3.63) is 41.5 Å². The number of methoxy groups -OCH3 is 1.